The number of Topliss-reactive ketones (excluding diaryl/α,β-unsaturated/α-hetero) is 1. The molecule has 1 aliphatic heterocycles. The Morgan fingerprint density at radius 1 is 1.25 bits per heavy atom. The summed E-state index contributed by atoms with van der Waals surface area (Å²) in [4.78, 5) is 15.1. The molecule has 0 radical (unpaired) electrons. The van der Waals surface area contributed by atoms with Crippen LogP contribution < -0.4 is 15.5 Å². The Bertz CT molecular complexity index is 702. The van der Waals surface area contributed by atoms with Gasteiger partial charge in [0.2, 0.25) is 0 Å². The van der Waals surface area contributed by atoms with Crippen LogP contribution in [0.3, 0.4) is 0 Å². The maximum absolute atomic E-state index is 12.7. The van der Waals surface area contributed by atoms with E-state index in [4.69, 9.17) is 11.0 Å². The van der Waals surface area contributed by atoms with Gasteiger partial charge in [-0.25, -0.2) is 0 Å². The number of carbonyl (C=O) groups is 1. The lowest BCUT2D eigenvalue weighted by molar-refractivity contribution is -0.120. The Hall–Kier alpha value is -2.69. The van der Waals surface area contributed by atoms with Crippen LogP contribution in [0.15, 0.2) is 35.5 Å². The van der Waals surface area contributed by atoms with E-state index in [-0.39, 0.29) is 30.9 Å². The van der Waals surface area contributed by atoms with E-state index in [1.807, 2.05) is 0 Å². The van der Waals surface area contributed by atoms with E-state index >= 15 is 0 Å². The van der Waals surface area contributed by atoms with Crippen LogP contribution in [0.25, 0.3) is 0 Å². The van der Waals surface area contributed by atoms with Crippen LogP contribution in [0.4, 0.5) is 24.5 Å². The van der Waals surface area contributed by atoms with Gasteiger partial charge in [-0.15, -0.1) is 0 Å². The number of para-hydroxylation sites is 2. The van der Waals surface area contributed by atoms with E-state index in [1.54, 1.807) is 35.2 Å². The van der Waals surface area contributed by atoms with Crippen molar-refractivity contribution in [2.75, 3.05) is 36.0 Å². The van der Waals surface area contributed by atoms with Crippen LogP contribution in [-0.2, 0) is 4.79 Å². The highest BCUT2D eigenvalue weighted by molar-refractivity contribution is 6.02. The summed E-state index contributed by atoms with van der Waals surface area (Å²) >= 11 is 0. The van der Waals surface area contributed by atoms with Gasteiger partial charge in [0, 0.05) is 18.8 Å². The second-order valence-electron chi connectivity index (χ2n) is 5.54. The maximum Gasteiger partial charge on any atom is 0.405 e. The summed E-state index contributed by atoms with van der Waals surface area (Å²) in [5.74, 6) is -0.448. The number of hydrogen-bond donors (Lipinski definition) is 1. The van der Waals surface area contributed by atoms with Gasteiger partial charge >= 0.3 is 6.18 Å². The second kappa shape index (κ2) is 6.83. The van der Waals surface area contributed by atoms with Crippen molar-refractivity contribution in [3.63, 3.8) is 0 Å². The Balaban J connectivity index is 2.26. The summed E-state index contributed by atoms with van der Waals surface area (Å²) in [6.45, 7) is 0.704. The third-order valence-corrected chi connectivity index (χ3v) is 3.69. The van der Waals surface area contributed by atoms with Gasteiger partial charge in [-0.3, -0.25) is 4.79 Å². The van der Waals surface area contributed by atoms with E-state index in [1.165, 1.54) is 11.8 Å². The van der Waals surface area contributed by atoms with Crippen molar-refractivity contribution in [1.82, 2.24) is 0 Å². The van der Waals surface area contributed by atoms with Crippen molar-refractivity contribution in [3.05, 3.63) is 35.5 Å². The summed E-state index contributed by atoms with van der Waals surface area (Å²) in [6.07, 6.45) is -4.31. The first kappa shape index (κ1) is 17.7. The average molecular weight is 338 g/mol. The Morgan fingerprint density at radius 2 is 1.79 bits per heavy atom. The molecular weight excluding hydrogens is 321 g/mol. The number of hydrogen-bond acceptors (Lipinski definition) is 5. The van der Waals surface area contributed by atoms with Crippen LogP contribution in [0.1, 0.15) is 6.92 Å². The molecule has 0 spiro atoms. The van der Waals surface area contributed by atoms with Gasteiger partial charge < -0.3 is 15.5 Å². The number of rotatable bonds is 4. The fourth-order valence-electron chi connectivity index (χ4n) is 2.65. The first-order chi connectivity index (χ1) is 11.2. The van der Waals surface area contributed by atoms with Crippen molar-refractivity contribution in [1.29, 1.82) is 5.26 Å². The van der Waals surface area contributed by atoms with Crippen LogP contribution in [0.5, 0.6) is 0 Å². The predicted molar refractivity (Wildman–Crippen MR) is 84.4 cm³/mol. The molecule has 1 aliphatic rings. The molecule has 2 rings (SSSR count). The van der Waals surface area contributed by atoms with Crippen LogP contribution in [0, 0.1) is 11.3 Å². The lowest BCUT2D eigenvalue weighted by Gasteiger charge is -2.38. The first-order valence-corrected chi connectivity index (χ1v) is 7.28. The second-order valence-corrected chi connectivity index (χ2v) is 5.54. The molecule has 1 aromatic carbocycles. The number of nitriles is 1. The molecule has 24 heavy (non-hydrogen) atoms. The van der Waals surface area contributed by atoms with E-state index in [2.05, 4.69) is 0 Å². The molecule has 0 saturated carbocycles. The van der Waals surface area contributed by atoms with Gasteiger partial charge in [0.1, 0.15) is 18.2 Å². The van der Waals surface area contributed by atoms with E-state index in [9.17, 15) is 18.0 Å². The minimum absolute atomic E-state index is 0.103. The van der Waals surface area contributed by atoms with E-state index in [0.717, 1.165) is 0 Å². The monoisotopic (exact) mass is 338 g/mol. The van der Waals surface area contributed by atoms with Crippen LogP contribution in [-0.4, -0.2) is 38.1 Å². The zero-order valence-corrected chi connectivity index (χ0v) is 13.1. The zero-order valence-electron chi connectivity index (χ0n) is 13.1. The fourth-order valence-corrected chi connectivity index (χ4v) is 2.65. The number of allylic oxidation sites excluding steroid dienone is 1. The lowest BCUT2D eigenvalue weighted by Crippen LogP contribution is -2.46. The molecule has 5 nitrogen and oxygen atoms in total. The Kier molecular flexibility index (Phi) is 5.02. The topological polar surface area (TPSA) is 73.4 Å². The fraction of sp³-hybridized carbons (Fsp3) is 0.375. The van der Waals surface area contributed by atoms with E-state index in [0.29, 0.717) is 11.4 Å². The van der Waals surface area contributed by atoms with Gasteiger partial charge in [0.05, 0.1) is 17.9 Å². The third kappa shape index (κ3) is 3.98. The molecule has 0 atom stereocenters. The lowest BCUT2D eigenvalue weighted by atomic mass is 10.1. The Labute approximate surface area is 137 Å². The van der Waals surface area contributed by atoms with Gasteiger partial charge in [-0.2, -0.15) is 18.4 Å². The summed E-state index contributed by atoms with van der Waals surface area (Å²) in [5.41, 5.74) is 6.49. The van der Waals surface area contributed by atoms with E-state index < -0.39 is 18.5 Å². The molecule has 128 valence electrons. The largest absolute Gasteiger partial charge is 0.405 e. The molecule has 0 fully saturated rings. The van der Waals surface area contributed by atoms with Gasteiger partial charge in [-0.05, 0) is 19.1 Å². The summed E-state index contributed by atoms with van der Waals surface area (Å²) in [7, 11) is 0. The third-order valence-electron chi connectivity index (χ3n) is 3.69. The molecule has 0 aliphatic carbocycles. The predicted octanol–water partition coefficient (Wildman–Crippen LogP) is 2.20. The number of fused-ring (bicyclic) bond motifs is 1. The average Bonchev–Trinajstić information content (AvgIpc) is 2.49. The molecule has 8 heteroatoms. The molecule has 1 heterocycles. The van der Waals surface area contributed by atoms with Gasteiger partial charge in [0.15, 0.2) is 5.78 Å². The van der Waals surface area contributed by atoms with Crippen molar-refractivity contribution in [2.45, 2.75) is 13.1 Å². The van der Waals surface area contributed by atoms with Crippen molar-refractivity contribution < 1.29 is 18.0 Å². The molecule has 0 amide bonds. The highest BCUT2D eigenvalue weighted by Gasteiger charge is 2.34. The number of alkyl halides is 3. The molecule has 0 aromatic heterocycles. The quantitative estimate of drug-likeness (QED) is 0.673. The van der Waals surface area contributed by atoms with Crippen LogP contribution >= 0.6 is 0 Å². The smallest absolute Gasteiger partial charge is 0.401 e. The summed E-state index contributed by atoms with van der Waals surface area (Å²) in [6, 6.07) is 8.38. The minimum atomic E-state index is -4.31. The van der Waals surface area contributed by atoms with Crippen LogP contribution in [0.2, 0.25) is 0 Å². The highest BCUT2D eigenvalue weighted by atomic mass is 19.4. The Morgan fingerprint density at radius 3 is 2.29 bits per heavy atom. The number of anilines is 2. The number of nitrogens with two attached hydrogens (primary N) is 1. The molecule has 0 bridgehead atoms. The number of halogens is 3. The number of carbonyl (C=O) groups excluding carboxylic acids is 1. The summed E-state index contributed by atoms with van der Waals surface area (Å²) in [5, 5.41) is 9.00. The van der Waals surface area contributed by atoms with Crippen molar-refractivity contribution >= 4 is 17.2 Å². The minimum Gasteiger partial charge on any atom is -0.401 e. The number of nitrogens with zero attached hydrogens (tertiary/aromatic N) is 3. The molecule has 2 N–H and O–H groups in total. The molecule has 0 unspecified atom stereocenters. The highest BCUT2D eigenvalue weighted by Crippen LogP contribution is 2.34. The van der Waals surface area contributed by atoms with Crippen molar-refractivity contribution in [2.24, 2.45) is 5.73 Å². The number of benzene rings is 1. The normalized spacial score (nSPS) is 15.5. The zero-order chi connectivity index (χ0) is 17.9. The maximum atomic E-state index is 12.7. The number of ketones is 1. The SMILES string of the molecule is C/C(N)=C(\C#N)C(=O)CN1CCN(CC(F)(F)F)c2ccccc21. The molecule has 1 aromatic rings. The van der Waals surface area contributed by atoms with Gasteiger partial charge in [-0.1, -0.05) is 12.1 Å². The summed E-state index contributed by atoms with van der Waals surface area (Å²) < 4.78 is 38.1. The van der Waals surface area contributed by atoms with Gasteiger partial charge in [0.25, 0.3) is 0 Å². The van der Waals surface area contributed by atoms with Crippen molar-refractivity contribution in [3.8, 4) is 6.07 Å². The molecule has 0 saturated heterocycles. The standard InChI is InChI=1S/C16H17F3N4O/c1-11(21)12(8-20)15(24)9-22-6-7-23(10-16(17,18)19)14-5-3-2-4-13(14)22/h2-5H,6-7,9-10,21H2,1H3/b12-11-. The molecular formula is C16H17F3N4O. The first-order valence-electron chi connectivity index (χ1n) is 7.28.